The normalized spacial score (nSPS) is 16.2. The summed E-state index contributed by atoms with van der Waals surface area (Å²) in [5.74, 6) is 1.83. The second-order valence-electron chi connectivity index (χ2n) is 6.58. The van der Waals surface area contributed by atoms with Gasteiger partial charge in [-0.25, -0.2) is 0 Å². The predicted octanol–water partition coefficient (Wildman–Crippen LogP) is 3.05. The molecule has 0 spiro atoms. The highest BCUT2D eigenvalue weighted by molar-refractivity contribution is 7.99. The third-order valence-corrected chi connectivity index (χ3v) is 5.52. The molecule has 0 radical (unpaired) electrons. The summed E-state index contributed by atoms with van der Waals surface area (Å²) in [5.41, 5.74) is 1.75. The molecule has 1 unspecified atom stereocenters. The quantitative estimate of drug-likeness (QED) is 0.768. The second-order valence-corrected chi connectivity index (χ2v) is 7.58. The molecule has 2 aromatic rings. The number of thioether (sulfide) groups is 1. The van der Waals surface area contributed by atoms with Gasteiger partial charge in [-0.05, 0) is 36.8 Å². The third kappa shape index (κ3) is 4.83. The van der Waals surface area contributed by atoms with E-state index in [2.05, 4.69) is 0 Å². The summed E-state index contributed by atoms with van der Waals surface area (Å²) in [4.78, 5) is 28.9. The molecule has 5 nitrogen and oxygen atoms in total. The molecule has 2 amide bonds. The number of rotatable bonds is 6. The number of hydrogen-bond acceptors (Lipinski definition) is 4. The van der Waals surface area contributed by atoms with E-state index in [1.165, 1.54) is 0 Å². The maximum Gasteiger partial charge on any atom is 0.255 e. The molecule has 1 heterocycles. The van der Waals surface area contributed by atoms with Gasteiger partial charge in [0.1, 0.15) is 18.4 Å². The fraction of sp³-hybridized carbons (Fsp3) is 0.333. The number of nitrogens with zero attached hydrogens (tertiary/aromatic N) is 2. The fourth-order valence-corrected chi connectivity index (χ4v) is 4.11. The van der Waals surface area contributed by atoms with E-state index in [1.54, 1.807) is 40.7 Å². The molecule has 0 saturated carbocycles. The monoisotopic (exact) mass is 384 g/mol. The van der Waals surface area contributed by atoms with Gasteiger partial charge in [-0.2, -0.15) is 0 Å². The van der Waals surface area contributed by atoms with Crippen LogP contribution in [0.5, 0.6) is 5.75 Å². The zero-order chi connectivity index (χ0) is 19.2. The van der Waals surface area contributed by atoms with Crippen molar-refractivity contribution < 1.29 is 14.3 Å². The molecule has 0 aliphatic carbocycles. The van der Waals surface area contributed by atoms with Gasteiger partial charge in [0.2, 0.25) is 5.91 Å². The van der Waals surface area contributed by atoms with Crippen molar-refractivity contribution in [3.63, 3.8) is 0 Å². The van der Waals surface area contributed by atoms with Crippen LogP contribution in [0.2, 0.25) is 0 Å². The molecule has 27 heavy (non-hydrogen) atoms. The van der Waals surface area contributed by atoms with Gasteiger partial charge in [-0.1, -0.05) is 30.3 Å². The van der Waals surface area contributed by atoms with Gasteiger partial charge in [0, 0.05) is 18.4 Å². The van der Waals surface area contributed by atoms with Crippen LogP contribution in [0.1, 0.15) is 15.9 Å². The highest BCUT2D eigenvalue weighted by Gasteiger charge is 2.36. The van der Waals surface area contributed by atoms with E-state index in [1.807, 2.05) is 49.4 Å². The van der Waals surface area contributed by atoms with Crippen LogP contribution >= 0.6 is 11.8 Å². The summed E-state index contributed by atoms with van der Waals surface area (Å²) in [6, 6.07) is 16.5. The Morgan fingerprint density at radius 3 is 2.70 bits per heavy atom. The van der Waals surface area contributed by atoms with Gasteiger partial charge in [0.15, 0.2) is 0 Å². The first-order chi connectivity index (χ1) is 13.1. The van der Waals surface area contributed by atoms with Crippen LogP contribution in [0.25, 0.3) is 0 Å². The molecule has 1 aliphatic heterocycles. The van der Waals surface area contributed by atoms with E-state index in [4.69, 9.17) is 4.74 Å². The van der Waals surface area contributed by atoms with Gasteiger partial charge in [0.05, 0.1) is 12.4 Å². The van der Waals surface area contributed by atoms with Crippen molar-refractivity contribution in [1.82, 2.24) is 9.80 Å². The predicted molar refractivity (Wildman–Crippen MR) is 108 cm³/mol. The van der Waals surface area contributed by atoms with Gasteiger partial charge < -0.3 is 14.5 Å². The number of carbonyl (C=O) groups excluding carboxylic acids is 2. The van der Waals surface area contributed by atoms with Crippen LogP contribution in [-0.4, -0.2) is 59.5 Å². The number of benzene rings is 2. The Kier molecular flexibility index (Phi) is 6.40. The van der Waals surface area contributed by atoms with Gasteiger partial charge in [-0.3, -0.25) is 9.59 Å². The van der Waals surface area contributed by atoms with Crippen molar-refractivity contribution >= 4 is 23.6 Å². The molecule has 0 bridgehead atoms. The SMILES string of the molecule is Cc1cccc(OCCN(C)C(=O)C2CSCN2C(=O)c2ccccc2)c1. The zero-order valence-corrected chi connectivity index (χ0v) is 16.4. The van der Waals surface area contributed by atoms with Gasteiger partial charge in [0.25, 0.3) is 5.91 Å². The summed E-state index contributed by atoms with van der Waals surface area (Å²) in [6.07, 6.45) is 0. The minimum Gasteiger partial charge on any atom is -0.492 e. The summed E-state index contributed by atoms with van der Waals surface area (Å²) < 4.78 is 5.73. The lowest BCUT2D eigenvalue weighted by atomic mass is 10.1. The van der Waals surface area contributed by atoms with E-state index in [0.29, 0.717) is 30.3 Å². The molecular formula is C21H24N2O3S. The average Bonchev–Trinajstić information content (AvgIpc) is 3.17. The molecule has 1 atom stereocenters. The summed E-state index contributed by atoms with van der Waals surface area (Å²) >= 11 is 1.61. The molecule has 1 saturated heterocycles. The molecule has 3 rings (SSSR count). The smallest absolute Gasteiger partial charge is 0.255 e. The lowest BCUT2D eigenvalue weighted by Gasteiger charge is -2.27. The Labute approximate surface area is 164 Å². The number of carbonyl (C=O) groups is 2. The Hall–Kier alpha value is -2.47. The molecule has 1 fully saturated rings. The minimum absolute atomic E-state index is 0.0443. The summed E-state index contributed by atoms with van der Waals surface area (Å²) in [6.45, 7) is 2.90. The van der Waals surface area contributed by atoms with E-state index in [0.717, 1.165) is 11.3 Å². The molecular weight excluding hydrogens is 360 g/mol. The lowest BCUT2D eigenvalue weighted by Crippen LogP contribution is -2.48. The Morgan fingerprint density at radius 1 is 1.19 bits per heavy atom. The highest BCUT2D eigenvalue weighted by atomic mass is 32.2. The van der Waals surface area contributed by atoms with Crippen molar-refractivity contribution in [2.24, 2.45) is 0 Å². The van der Waals surface area contributed by atoms with Crippen molar-refractivity contribution in [3.8, 4) is 5.75 Å². The van der Waals surface area contributed by atoms with E-state index in [-0.39, 0.29) is 11.8 Å². The Balaban J connectivity index is 1.56. The third-order valence-electron chi connectivity index (χ3n) is 4.51. The molecule has 6 heteroatoms. The van der Waals surface area contributed by atoms with Crippen molar-refractivity contribution in [2.75, 3.05) is 31.8 Å². The fourth-order valence-electron chi connectivity index (χ4n) is 2.96. The minimum atomic E-state index is -0.424. The number of amides is 2. The first-order valence-corrected chi connectivity index (χ1v) is 10.1. The lowest BCUT2D eigenvalue weighted by molar-refractivity contribution is -0.133. The Morgan fingerprint density at radius 2 is 1.96 bits per heavy atom. The number of likely N-dealkylation sites (N-methyl/N-ethyl adjacent to an activating group) is 1. The first-order valence-electron chi connectivity index (χ1n) is 8.94. The highest BCUT2D eigenvalue weighted by Crippen LogP contribution is 2.24. The number of hydrogen-bond donors (Lipinski definition) is 0. The maximum atomic E-state index is 12.9. The van der Waals surface area contributed by atoms with Crippen LogP contribution in [0, 0.1) is 6.92 Å². The standard InChI is InChI=1S/C21H24N2O3S/c1-16-7-6-10-18(13-16)26-12-11-22(2)21(25)19-14-27-15-23(19)20(24)17-8-4-3-5-9-17/h3-10,13,19H,11-12,14-15H2,1-2H3. The van der Waals surface area contributed by atoms with E-state index >= 15 is 0 Å². The van der Waals surface area contributed by atoms with Crippen LogP contribution in [0.15, 0.2) is 54.6 Å². The Bertz CT molecular complexity index is 797. The number of aryl methyl sites for hydroxylation is 1. The van der Waals surface area contributed by atoms with E-state index in [9.17, 15) is 9.59 Å². The van der Waals surface area contributed by atoms with Crippen LogP contribution in [-0.2, 0) is 4.79 Å². The first kappa shape index (κ1) is 19.3. The van der Waals surface area contributed by atoms with Crippen LogP contribution in [0.4, 0.5) is 0 Å². The topological polar surface area (TPSA) is 49.9 Å². The van der Waals surface area contributed by atoms with Crippen molar-refractivity contribution in [2.45, 2.75) is 13.0 Å². The zero-order valence-electron chi connectivity index (χ0n) is 15.6. The molecule has 1 aliphatic rings. The van der Waals surface area contributed by atoms with Crippen LogP contribution < -0.4 is 4.74 Å². The summed E-state index contributed by atoms with van der Waals surface area (Å²) in [5, 5.41) is 0. The molecule has 0 aromatic heterocycles. The molecule has 2 aromatic carbocycles. The average molecular weight is 385 g/mol. The largest absolute Gasteiger partial charge is 0.492 e. The second kappa shape index (κ2) is 8.95. The van der Waals surface area contributed by atoms with Crippen molar-refractivity contribution in [1.29, 1.82) is 0 Å². The summed E-state index contributed by atoms with van der Waals surface area (Å²) in [7, 11) is 1.76. The van der Waals surface area contributed by atoms with E-state index < -0.39 is 6.04 Å². The van der Waals surface area contributed by atoms with Gasteiger partial charge in [-0.15, -0.1) is 11.8 Å². The molecule has 0 N–H and O–H groups in total. The van der Waals surface area contributed by atoms with Gasteiger partial charge >= 0.3 is 0 Å². The molecule has 142 valence electrons. The maximum absolute atomic E-state index is 12.9. The number of ether oxygens (including phenoxy) is 1. The van der Waals surface area contributed by atoms with Crippen LogP contribution in [0.3, 0.4) is 0 Å². The van der Waals surface area contributed by atoms with Crippen molar-refractivity contribution in [3.05, 3.63) is 65.7 Å².